The Balaban J connectivity index is 1.81. The summed E-state index contributed by atoms with van der Waals surface area (Å²) in [7, 11) is 0. The van der Waals surface area contributed by atoms with Crippen LogP contribution in [0.4, 0.5) is 0 Å². The van der Waals surface area contributed by atoms with Gasteiger partial charge in [0.15, 0.2) is 0 Å². The molecular formula is C35H55N7O7. The molecule has 3 rings (SSSR count). The standard InChI is InChI=1S/C35H55N7O7/c1-5-22(4)30(35(49)38-18-24-13-9-10-14-37-24)42-34(48)29(21(2)3)32(46)31(45)26(15-23-11-7-6-8-12-23)41-33(47)27(40-28(44)19-43)16-25-17-36-20-39-25/h9-10,13-14,17,20-23,26-27,29-32,43,45-46H,5-8,11-12,15-16,18-19H2,1-4H3,(H,36,39)(H,38,49)(H,40,44)(H,41,47)(H,42,48)/t22-,26-,27-,29-,30-,31?,32?/m0/s1. The molecule has 2 unspecified atom stereocenters. The number of aromatic amines is 1. The number of hydrogen-bond donors (Lipinski definition) is 8. The van der Waals surface area contributed by atoms with Gasteiger partial charge in [0, 0.05) is 24.5 Å². The highest BCUT2D eigenvalue weighted by atomic mass is 16.3. The van der Waals surface area contributed by atoms with Gasteiger partial charge in [0.2, 0.25) is 23.6 Å². The maximum Gasteiger partial charge on any atom is 0.246 e. The van der Waals surface area contributed by atoms with Crippen molar-refractivity contribution >= 4 is 23.6 Å². The van der Waals surface area contributed by atoms with Crippen LogP contribution >= 0.6 is 0 Å². The molecule has 2 aromatic rings. The first-order valence-electron chi connectivity index (χ1n) is 17.5. The van der Waals surface area contributed by atoms with Crippen LogP contribution in [-0.4, -0.2) is 90.8 Å². The third-order valence-corrected chi connectivity index (χ3v) is 9.53. The Morgan fingerprint density at radius 1 is 0.959 bits per heavy atom. The van der Waals surface area contributed by atoms with Crippen LogP contribution in [0.2, 0.25) is 0 Å². The van der Waals surface area contributed by atoms with Gasteiger partial charge in [-0.15, -0.1) is 0 Å². The molecule has 0 spiro atoms. The van der Waals surface area contributed by atoms with Crippen LogP contribution in [0.15, 0.2) is 36.9 Å². The van der Waals surface area contributed by atoms with E-state index >= 15 is 0 Å². The molecule has 0 aliphatic heterocycles. The third-order valence-electron chi connectivity index (χ3n) is 9.53. The summed E-state index contributed by atoms with van der Waals surface area (Å²) in [6.07, 6.45) is 7.34. The van der Waals surface area contributed by atoms with Crippen LogP contribution in [0.3, 0.4) is 0 Å². The van der Waals surface area contributed by atoms with Crippen molar-refractivity contribution in [2.24, 2.45) is 23.7 Å². The number of aromatic nitrogens is 3. The minimum atomic E-state index is -1.60. The van der Waals surface area contributed by atoms with Gasteiger partial charge in [-0.3, -0.25) is 24.2 Å². The predicted octanol–water partition coefficient (Wildman–Crippen LogP) is 1.12. The summed E-state index contributed by atoms with van der Waals surface area (Å²) >= 11 is 0. The number of amides is 4. The van der Waals surface area contributed by atoms with Gasteiger partial charge in [-0.05, 0) is 36.3 Å². The summed E-state index contributed by atoms with van der Waals surface area (Å²) in [4.78, 5) is 64.1. The topological polar surface area (TPSA) is 219 Å². The molecule has 1 aliphatic rings. The lowest BCUT2D eigenvalue weighted by Crippen LogP contribution is -2.59. The molecule has 0 radical (unpaired) electrons. The summed E-state index contributed by atoms with van der Waals surface area (Å²) < 4.78 is 0. The summed E-state index contributed by atoms with van der Waals surface area (Å²) in [6.45, 7) is 6.63. The van der Waals surface area contributed by atoms with Crippen LogP contribution in [0.5, 0.6) is 0 Å². The third kappa shape index (κ3) is 12.2. The first-order valence-corrected chi connectivity index (χ1v) is 17.5. The lowest BCUT2D eigenvalue weighted by molar-refractivity contribution is -0.141. The molecule has 2 aromatic heterocycles. The minimum absolute atomic E-state index is 0.0444. The van der Waals surface area contributed by atoms with E-state index in [1.807, 2.05) is 19.9 Å². The van der Waals surface area contributed by atoms with Gasteiger partial charge in [-0.25, -0.2) is 4.98 Å². The number of aliphatic hydroxyl groups is 3. The number of carbonyl (C=O) groups is 4. The van der Waals surface area contributed by atoms with Crippen molar-refractivity contribution in [1.29, 1.82) is 0 Å². The number of hydrogen-bond acceptors (Lipinski definition) is 9. The number of aliphatic hydroxyl groups excluding tert-OH is 3. The fourth-order valence-corrected chi connectivity index (χ4v) is 6.46. The number of pyridine rings is 1. The molecule has 1 saturated carbocycles. The lowest BCUT2D eigenvalue weighted by atomic mass is 9.79. The van der Waals surface area contributed by atoms with E-state index in [4.69, 9.17) is 0 Å². The normalized spacial score (nSPS) is 18.0. The van der Waals surface area contributed by atoms with Crippen LogP contribution in [0.1, 0.15) is 84.0 Å². The first kappa shape index (κ1) is 39.6. The average molecular weight is 686 g/mol. The second kappa shape index (κ2) is 20.0. The van der Waals surface area contributed by atoms with Crippen LogP contribution in [0.25, 0.3) is 0 Å². The number of nitrogens with one attached hydrogen (secondary N) is 5. The quantitative estimate of drug-likeness (QED) is 0.106. The van der Waals surface area contributed by atoms with E-state index in [0.717, 1.165) is 32.1 Å². The molecule has 8 N–H and O–H groups in total. The average Bonchev–Trinajstić information content (AvgIpc) is 3.62. The van der Waals surface area contributed by atoms with Crippen LogP contribution in [-0.2, 0) is 32.1 Å². The molecule has 1 fully saturated rings. The molecule has 4 amide bonds. The molecule has 49 heavy (non-hydrogen) atoms. The van der Waals surface area contributed by atoms with Gasteiger partial charge >= 0.3 is 0 Å². The second-order valence-electron chi connectivity index (χ2n) is 13.6. The smallest absolute Gasteiger partial charge is 0.246 e. The first-order chi connectivity index (χ1) is 23.4. The highest BCUT2D eigenvalue weighted by molar-refractivity contribution is 5.89. The predicted molar refractivity (Wildman–Crippen MR) is 182 cm³/mol. The van der Waals surface area contributed by atoms with Gasteiger partial charge in [0.1, 0.15) is 24.8 Å². The van der Waals surface area contributed by atoms with Crippen LogP contribution in [0, 0.1) is 23.7 Å². The van der Waals surface area contributed by atoms with Crippen molar-refractivity contribution in [2.45, 2.75) is 116 Å². The van der Waals surface area contributed by atoms with Crippen molar-refractivity contribution in [3.8, 4) is 0 Å². The maximum absolute atomic E-state index is 13.9. The molecule has 0 bridgehead atoms. The van der Waals surface area contributed by atoms with Crippen molar-refractivity contribution in [3.05, 3.63) is 48.3 Å². The zero-order valence-corrected chi connectivity index (χ0v) is 29.1. The zero-order valence-electron chi connectivity index (χ0n) is 29.1. The number of imidazole rings is 1. The summed E-state index contributed by atoms with van der Waals surface area (Å²) in [5.41, 5.74) is 1.23. The summed E-state index contributed by atoms with van der Waals surface area (Å²) in [5, 5.41) is 43.8. The molecule has 272 valence electrons. The Hall–Kier alpha value is -3.88. The van der Waals surface area contributed by atoms with E-state index in [1.165, 1.54) is 12.5 Å². The van der Waals surface area contributed by atoms with Crippen LogP contribution < -0.4 is 21.3 Å². The monoisotopic (exact) mass is 685 g/mol. The molecular weight excluding hydrogens is 630 g/mol. The van der Waals surface area contributed by atoms with Crippen molar-refractivity contribution < 1.29 is 34.5 Å². The van der Waals surface area contributed by atoms with Crippen molar-refractivity contribution in [3.63, 3.8) is 0 Å². The SMILES string of the molecule is CC[C@H](C)[C@H](NC(=O)[C@@H](C(C)C)C(O)C(O)[C@H](CC1CCCCC1)NC(=O)[C@H](Cc1cnc[nH]1)NC(=O)CO)C(=O)NCc1ccccn1. The van der Waals surface area contributed by atoms with Crippen molar-refractivity contribution in [1.82, 2.24) is 36.2 Å². The lowest BCUT2D eigenvalue weighted by Gasteiger charge is -2.37. The number of rotatable bonds is 19. The number of carbonyl (C=O) groups excluding carboxylic acids is 4. The Morgan fingerprint density at radius 2 is 1.69 bits per heavy atom. The molecule has 7 atom stereocenters. The number of H-pyrrole nitrogens is 1. The van der Waals surface area contributed by atoms with E-state index < -0.39 is 66.5 Å². The van der Waals surface area contributed by atoms with Gasteiger partial charge in [0.05, 0.1) is 36.6 Å². The van der Waals surface area contributed by atoms with Gasteiger partial charge < -0.3 is 41.6 Å². The Labute approximate surface area is 288 Å². The zero-order chi connectivity index (χ0) is 35.9. The van der Waals surface area contributed by atoms with E-state index in [0.29, 0.717) is 24.2 Å². The Bertz CT molecular complexity index is 1300. The van der Waals surface area contributed by atoms with Gasteiger partial charge in [0.25, 0.3) is 0 Å². The molecule has 1 aliphatic carbocycles. The molecule has 14 heteroatoms. The molecule has 14 nitrogen and oxygen atoms in total. The summed E-state index contributed by atoms with van der Waals surface area (Å²) in [5.74, 6) is -3.97. The highest BCUT2D eigenvalue weighted by Crippen LogP contribution is 2.30. The van der Waals surface area contributed by atoms with Gasteiger partial charge in [-0.2, -0.15) is 0 Å². The molecule has 2 heterocycles. The van der Waals surface area contributed by atoms with E-state index in [9.17, 15) is 34.5 Å². The van der Waals surface area contributed by atoms with E-state index in [-0.39, 0.29) is 30.7 Å². The molecule has 0 aromatic carbocycles. The minimum Gasteiger partial charge on any atom is -0.390 e. The van der Waals surface area contributed by atoms with Crippen molar-refractivity contribution in [2.75, 3.05) is 6.61 Å². The Kier molecular flexibility index (Phi) is 16.1. The Morgan fingerprint density at radius 3 is 2.29 bits per heavy atom. The molecule has 0 saturated heterocycles. The fourth-order valence-electron chi connectivity index (χ4n) is 6.46. The van der Waals surface area contributed by atoms with Gasteiger partial charge in [-0.1, -0.05) is 72.3 Å². The second-order valence-corrected chi connectivity index (χ2v) is 13.6. The number of nitrogens with zero attached hydrogens (tertiary/aromatic N) is 2. The maximum atomic E-state index is 13.9. The fraction of sp³-hybridized carbons (Fsp3) is 0.657. The van der Waals surface area contributed by atoms with E-state index in [1.54, 1.807) is 32.2 Å². The largest absolute Gasteiger partial charge is 0.390 e. The summed E-state index contributed by atoms with van der Waals surface area (Å²) in [6, 6.07) is 2.41. The van der Waals surface area contributed by atoms with E-state index in [2.05, 4.69) is 36.2 Å². The highest BCUT2D eigenvalue weighted by Gasteiger charge is 2.41.